The molecular formula is C5H13N3S. The van der Waals surface area contributed by atoms with Crippen LogP contribution < -0.4 is 5.32 Å². The van der Waals surface area contributed by atoms with Gasteiger partial charge >= 0.3 is 0 Å². The zero-order valence-electron chi connectivity index (χ0n) is 6.09. The van der Waals surface area contributed by atoms with Crippen LogP contribution in [0, 0.1) is 0 Å². The Labute approximate surface area is 61.7 Å². The lowest BCUT2D eigenvalue weighted by Crippen LogP contribution is -2.47. The van der Waals surface area contributed by atoms with E-state index in [4.69, 9.17) is 12.8 Å². The van der Waals surface area contributed by atoms with Crippen molar-refractivity contribution in [3.8, 4) is 0 Å². The molecule has 0 saturated carbocycles. The molecule has 0 aliphatic carbocycles. The molecule has 1 heterocycles. The van der Waals surface area contributed by atoms with Crippen LogP contribution in [0.2, 0.25) is 0 Å². The second-order valence-electron chi connectivity index (χ2n) is 2.66. The molecule has 4 heteroatoms. The summed E-state index contributed by atoms with van der Waals surface area (Å²) in [5.41, 5.74) is 0. The van der Waals surface area contributed by atoms with Crippen LogP contribution in [0.15, 0.2) is 0 Å². The Bertz CT molecular complexity index is 115. The van der Waals surface area contributed by atoms with Gasteiger partial charge in [-0.25, -0.2) is 5.32 Å². The lowest BCUT2D eigenvalue weighted by Gasteiger charge is -2.40. The average molecular weight is 147 g/mol. The maximum absolute atomic E-state index is 5.21. The van der Waals surface area contributed by atoms with Gasteiger partial charge in [0.05, 0.1) is 7.05 Å². The van der Waals surface area contributed by atoms with Gasteiger partial charge in [0, 0.05) is 7.05 Å². The van der Waals surface area contributed by atoms with Crippen molar-refractivity contribution >= 4 is 12.8 Å². The molecule has 3 nitrogen and oxygen atoms in total. The number of hydrogen-bond donors (Lipinski definition) is 1. The Morgan fingerprint density at radius 1 is 1.78 bits per heavy atom. The second-order valence-corrected chi connectivity index (χ2v) is 3.45. The average Bonchev–Trinajstić information content (AvgIpc) is 1.97. The van der Waals surface area contributed by atoms with Crippen molar-refractivity contribution < 1.29 is 4.00 Å². The first-order valence-corrected chi connectivity index (χ1v) is 3.44. The molecule has 2 atom stereocenters. The van der Waals surface area contributed by atoms with Gasteiger partial charge in [-0.1, -0.05) is 0 Å². The summed E-state index contributed by atoms with van der Waals surface area (Å²) in [6, 6.07) is 0. The van der Waals surface area contributed by atoms with Gasteiger partial charge in [0.25, 0.3) is 0 Å². The molecule has 0 aromatic carbocycles. The summed E-state index contributed by atoms with van der Waals surface area (Å²) in [7, 11) is 4.03. The van der Waals surface area contributed by atoms with Crippen LogP contribution in [0.5, 0.6) is 0 Å². The van der Waals surface area contributed by atoms with Crippen LogP contribution in [0.3, 0.4) is 0 Å². The molecular weight excluding hydrogens is 134 g/mol. The van der Waals surface area contributed by atoms with E-state index in [9.17, 15) is 0 Å². The van der Waals surface area contributed by atoms with Crippen molar-refractivity contribution in [1.82, 2.24) is 10.3 Å². The smallest absolute Gasteiger partial charge is 0.134 e. The minimum absolute atomic E-state index is 0.410. The first kappa shape index (κ1) is 7.34. The Hall–Kier alpha value is 0.230. The maximum atomic E-state index is 5.21. The molecule has 1 N–H and O–H groups in total. The van der Waals surface area contributed by atoms with Crippen LogP contribution in [-0.4, -0.2) is 35.9 Å². The quantitative estimate of drug-likeness (QED) is 0.372. The van der Waals surface area contributed by atoms with Crippen LogP contribution in [-0.2, 0) is 12.8 Å². The number of quaternary nitrogens is 1. The highest BCUT2D eigenvalue weighted by Crippen LogP contribution is 2.11. The summed E-state index contributed by atoms with van der Waals surface area (Å²) in [5, 5.41) is 5.36. The fourth-order valence-corrected chi connectivity index (χ4v) is 1.13. The third-order valence-electron chi connectivity index (χ3n) is 1.91. The van der Waals surface area contributed by atoms with E-state index < -0.39 is 0 Å². The molecule has 1 rings (SSSR count). The van der Waals surface area contributed by atoms with Gasteiger partial charge in [0.15, 0.2) is 0 Å². The van der Waals surface area contributed by atoms with Crippen molar-refractivity contribution in [2.75, 3.05) is 20.8 Å². The van der Waals surface area contributed by atoms with Crippen molar-refractivity contribution in [1.29, 1.82) is 0 Å². The third-order valence-corrected chi connectivity index (χ3v) is 2.29. The standard InChI is InChI=1S/C5H13N3S/c1-5-6-4-8(3,9)7(5)2/h5-6H,4H2,1-3H3. The zero-order chi connectivity index (χ0) is 7.07. The summed E-state index contributed by atoms with van der Waals surface area (Å²) < 4.78 is 0.529. The molecule has 1 saturated heterocycles. The van der Waals surface area contributed by atoms with E-state index in [0.717, 1.165) is 6.67 Å². The highest BCUT2D eigenvalue weighted by atomic mass is 32.1. The SMILES string of the molecule is CC1NC[N+](C)([S-])N1C. The first-order valence-electron chi connectivity index (χ1n) is 3.07. The van der Waals surface area contributed by atoms with Crippen LogP contribution in [0.1, 0.15) is 6.92 Å². The molecule has 0 bridgehead atoms. The van der Waals surface area contributed by atoms with Crippen molar-refractivity contribution in [3.05, 3.63) is 0 Å². The van der Waals surface area contributed by atoms with Crippen molar-refractivity contribution in [2.24, 2.45) is 0 Å². The second kappa shape index (κ2) is 2.12. The van der Waals surface area contributed by atoms with E-state index in [1.165, 1.54) is 0 Å². The summed E-state index contributed by atoms with van der Waals surface area (Å²) in [6.45, 7) is 2.96. The molecule has 1 aliphatic rings. The molecule has 0 amide bonds. The normalized spacial score (nSPS) is 46.0. The highest BCUT2D eigenvalue weighted by Gasteiger charge is 2.28. The molecule has 54 valence electrons. The summed E-state index contributed by atoms with van der Waals surface area (Å²) in [4.78, 5) is 0. The number of nitrogens with zero attached hydrogens (tertiary/aromatic N) is 2. The van der Waals surface area contributed by atoms with E-state index in [-0.39, 0.29) is 0 Å². The number of hydrogen-bond acceptors (Lipinski definition) is 3. The fraction of sp³-hybridized carbons (Fsp3) is 1.00. The summed E-state index contributed by atoms with van der Waals surface area (Å²) >= 11 is 5.21. The van der Waals surface area contributed by atoms with E-state index in [2.05, 4.69) is 17.2 Å². The van der Waals surface area contributed by atoms with Gasteiger partial charge in [-0.05, 0) is 6.92 Å². The third kappa shape index (κ3) is 1.21. The predicted octanol–water partition coefficient (Wildman–Crippen LogP) is -0.352. The van der Waals surface area contributed by atoms with Gasteiger partial charge in [-0.15, -0.1) is 0 Å². The minimum Gasteiger partial charge on any atom is -0.469 e. The topological polar surface area (TPSA) is 15.3 Å². The van der Waals surface area contributed by atoms with E-state index in [1.807, 2.05) is 14.1 Å². The molecule has 2 unspecified atom stereocenters. The Morgan fingerprint density at radius 2 is 2.33 bits per heavy atom. The van der Waals surface area contributed by atoms with Crippen LogP contribution in [0.25, 0.3) is 0 Å². The monoisotopic (exact) mass is 147 g/mol. The molecule has 0 radical (unpaired) electrons. The van der Waals surface area contributed by atoms with E-state index >= 15 is 0 Å². The maximum Gasteiger partial charge on any atom is 0.134 e. The van der Waals surface area contributed by atoms with Crippen molar-refractivity contribution in [3.63, 3.8) is 0 Å². The lowest BCUT2D eigenvalue weighted by molar-refractivity contribution is -0.883. The van der Waals surface area contributed by atoms with Gasteiger partial charge in [-0.3, -0.25) is 0 Å². The minimum atomic E-state index is 0.410. The summed E-state index contributed by atoms with van der Waals surface area (Å²) in [6.07, 6.45) is 0.410. The Balaban J connectivity index is 2.62. The lowest BCUT2D eigenvalue weighted by atomic mass is 10.6. The van der Waals surface area contributed by atoms with Crippen molar-refractivity contribution in [2.45, 2.75) is 13.1 Å². The van der Waals surface area contributed by atoms with E-state index in [1.54, 1.807) is 0 Å². The van der Waals surface area contributed by atoms with Crippen LogP contribution in [0.4, 0.5) is 0 Å². The number of rotatable bonds is 0. The van der Waals surface area contributed by atoms with Crippen LogP contribution >= 0.6 is 0 Å². The van der Waals surface area contributed by atoms with E-state index in [0.29, 0.717) is 10.2 Å². The molecule has 0 spiro atoms. The fourth-order valence-electron chi connectivity index (χ4n) is 0.912. The van der Waals surface area contributed by atoms with Gasteiger partial charge in [-0.2, -0.15) is 5.01 Å². The van der Waals surface area contributed by atoms with Gasteiger partial charge < -0.3 is 16.8 Å². The molecule has 1 fully saturated rings. The number of nitrogens with one attached hydrogen (secondary N) is 1. The Morgan fingerprint density at radius 3 is 2.44 bits per heavy atom. The highest BCUT2D eigenvalue weighted by molar-refractivity contribution is 7.52. The van der Waals surface area contributed by atoms with Gasteiger partial charge in [0.2, 0.25) is 0 Å². The molecule has 0 aromatic rings. The predicted molar refractivity (Wildman–Crippen MR) is 38.8 cm³/mol. The molecule has 9 heavy (non-hydrogen) atoms. The van der Waals surface area contributed by atoms with Gasteiger partial charge in [0.1, 0.15) is 12.8 Å². The zero-order valence-corrected chi connectivity index (χ0v) is 6.90. The largest absolute Gasteiger partial charge is 0.469 e. The molecule has 0 aromatic heterocycles. The summed E-state index contributed by atoms with van der Waals surface area (Å²) in [5.74, 6) is 0. The Kier molecular flexibility index (Phi) is 1.73. The first-order chi connectivity index (χ1) is 4.04. The molecule has 1 aliphatic heterocycles.